The molecular weight excluding hydrogens is 404 g/mol. The minimum Gasteiger partial charge on any atom is -0.381 e. The molecule has 2 aliphatic heterocycles. The van der Waals surface area contributed by atoms with Crippen molar-refractivity contribution >= 4 is 0 Å². The third-order valence-electron chi connectivity index (χ3n) is 2.15. The normalized spacial score (nSPS) is 14.7. The summed E-state index contributed by atoms with van der Waals surface area (Å²) in [6, 6.07) is 0. The summed E-state index contributed by atoms with van der Waals surface area (Å²) in [5, 5.41) is 0. The summed E-state index contributed by atoms with van der Waals surface area (Å²) in [6.45, 7) is 23.5. The van der Waals surface area contributed by atoms with E-state index in [-0.39, 0.29) is 40.8 Å². The van der Waals surface area contributed by atoms with Crippen molar-refractivity contribution in [2.24, 2.45) is 0 Å². The average Bonchev–Trinajstić information content (AvgIpc) is 2.54. The SMILES string of the molecule is C1CCOCC1.C1CCOCC1.C=C[CH2-].C=C[CH2-].C=C[CH2-].[Nd+3]. The van der Waals surface area contributed by atoms with E-state index in [4.69, 9.17) is 9.47 Å². The monoisotopic (exact) mass is 437 g/mol. The van der Waals surface area contributed by atoms with E-state index in [1.807, 2.05) is 0 Å². The summed E-state index contributed by atoms with van der Waals surface area (Å²) < 4.78 is 10.1. The molecule has 3 heteroatoms. The van der Waals surface area contributed by atoms with E-state index in [1.165, 1.54) is 56.8 Å². The summed E-state index contributed by atoms with van der Waals surface area (Å²) in [4.78, 5) is 0. The van der Waals surface area contributed by atoms with Crippen LogP contribution in [0, 0.1) is 61.6 Å². The van der Waals surface area contributed by atoms with E-state index in [0.717, 1.165) is 26.4 Å². The third kappa shape index (κ3) is 50.1. The van der Waals surface area contributed by atoms with Crippen molar-refractivity contribution < 1.29 is 50.3 Å². The van der Waals surface area contributed by atoms with Crippen LogP contribution in [-0.4, -0.2) is 26.4 Å². The van der Waals surface area contributed by atoms with E-state index in [0.29, 0.717) is 0 Å². The van der Waals surface area contributed by atoms with Gasteiger partial charge in [-0.1, -0.05) is 0 Å². The molecule has 2 rings (SSSR count). The predicted octanol–water partition coefficient (Wildman–Crippen LogP) is 5.39. The van der Waals surface area contributed by atoms with Gasteiger partial charge in [-0.15, -0.1) is 0 Å². The van der Waals surface area contributed by atoms with Crippen molar-refractivity contribution in [1.29, 1.82) is 0 Å². The molecule has 0 aromatic rings. The van der Waals surface area contributed by atoms with Gasteiger partial charge in [0.1, 0.15) is 0 Å². The molecule has 0 saturated carbocycles. The molecule has 0 aromatic heterocycles. The fourth-order valence-electron chi connectivity index (χ4n) is 1.37. The van der Waals surface area contributed by atoms with Crippen molar-refractivity contribution in [2.45, 2.75) is 38.5 Å². The number of hydrogen-bond donors (Lipinski definition) is 0. The summed E-state index contributed by atoms with van der Waals surface area (Å²) in [6.07, 6.45) is 12.4. The molecule has 0 amide bonds. The molecule has 2 saturated heterocycles. The third-order valence-corrected chi connectivity index (χ3v) is 2.15. The molecule has 2 heterocycles. The average molecular weight is 440 g/mol. The van der Waals surface area contributed by atoms with Crippen LogP contribution in [0.15, 0.2) is 38.0 Å². The van der Waals surface area contributed by atoms with Gasteiger partial charge in [-0.2, -0.15) is 0 Å². The maximum Gasteiger partial charge on any atom is 3.00 e. The number of hydrogen-bond acceptors (Lipinski definition) is 2. The van der Waals surface area contributed by atoms with Crippen LogP contribution in [0.1, 0.15) is 38.5 Å². The van der Waals surface area contributed by atoms with Gasteiger partial charge in [-0.3, -0.25) is 0 Å². The van der Waals surface area contributed by atoms with E-state index < -0.39 is 0 Å². The zero-order valence-electron chi connectivity index (χ0n) is 14.4. The first kappa shape index (κ1) is 30.0. The van der Waals surface area contributed by atoms with Crippen molar-refractivity contribution in [3.05, 3.63) is 58.7 Å². The maximum atomic E-state index is 5.07. The van der Waals surface area contributed by atoms with E-state index in [2.05, 4.69) is 40.5 Å². The molecule has 0 aliphatic carbocycles. The minimum absolute atomic E-state index is 0. The Labute approximate surface area is 173 Å². The van der Waals surface area contributed by atoms with Crippen LogP contribution < -0.4 is 0 Å². The van der Waals surface area contributed by atoms with Gasteiger partial charge in [0, 0.05) is 26.4 Å². The summed E-state index contributed by atoms with van der Waals surface area (Å²) >= 11 is 0. The Morgan fingerprint density at radius 3 is 0.773 bits per heavy atom. The van der Waals surface area contributed by atoms with Gasteiger partial charge < -0.3 is 9.47 Å². The Kier molecular flexibility index (Phi) is 51.0. The van der Waals surface area contributed by atoms with Crippen LogP contribution in [0.2, 0.25) is 0 Å². The van der Waals surface area contributed by atoms with Gasteiger partial charge in [0.25, 0.3) is 0 Å². The fourth-order valence-corrected chi connectivity index (χ4v) is 1.37. The first-order chi connectivity index (χ1) is 10.2. The summed E-state index contributed by atoms with van der Waals surface area (Å²) in [7, 11) is 0. The Balaban J connectivity index is -0.0000000959. The topological polar surface area (TPSA) is 18.5 Å². The molecule has 0 bridgehead atoms. The number of rotatable bonds is 0. The van der Waals surface area contributed by atoms with Gasteiger partial charge in [-0.25, -0.2) is 58.7 Å². The first-order valence-corrected chi connectivity index (χ1v) is 7.60. The Bertz CT molecular complexity index is 137. The Hall–Kier alpha value is 0.101. The molecule has 2 aliphatic rings. The van der Waals surface area contributed by atoms with Gasteiger partial charge in [0.05, 0.1) is 0 Å². The van der Waals surface area contributed by atoms with Crippen LogP contribution in [0.5, 0.6) is 0 Å². The molecule has 127 valence electrons. The second kappa shape index (κ2) is 37.4. The van der Waals surface area contributed by atoms with Crippen LogP contribution in [0.3, 0.4) is 0 Å². The van der Waals surface area contributed by atoms with Crippen molar-refractivity contribution in [1.82, 2.24) is 0 Å². The zero-order valence-corrected chi connectivity index (χ0v) is 17.6. The second-order valence-corrected chi connectivity index (χ2v) is 4.21. The van der Waals surface area contributed by atoms with Crippen LogP contribution in [0.25, 0.3) is 0 Å². The molecule has 2 fully saturated rings. The van der Waals surface area contributed by atoms with Crippen molar-refractivity contribution in [3.63, 3.8) is 0 Å². The molecular formula is C19H35NdO2. The van der Waals surface area contributed by atoms with Crippen LogP contribution in [-0.2, 0) is 9.47 Å². The largest absolute Gasteiger partial charge is 3.00 e. The Morgan fingerprint density at radius 1 is 0.545 bits per heavy atom. The molecule has 0 aromatic carbocycles. The quantitative estimate of drug-likeness (QED) is 0.471. The predicted molar refractivity (Wildman–Crippen MR) is 96.0 cm³/mol. The van der Waals surface area contributed by atoms with Gasteiger partial charge in [0.2, 0.25) is 0 Å². The zero-order chi connectivity index (χ0) is 16.6. The van der Waals surface area contributed by atoms with Crippen molar-refractivity contribution in [3.8, 4) is 0 Å². The molecule has 1 radical (unpaired) electrons. The van der Waals surface area contributed by atoms with Crippen molar-refractivity contribution in [2.75, 3.05) is 26.4 Å². The smallest absolute Gasteiger partial charge is 0.381 e. The number of ether oxygens (including phenoxy) is 2. The minimum atomic E-state index is 0. The van der Waals surface area contributed by atoms with E-state index in [9.17, 15) is 0 Å². The molecule has 22 heavy (non-hydrogen) atoms. The summed E-state index contributed by atoms with van der Waals surface area (Å²) in [5.41, 5.74) is 0. The summed E-state index contributed by atoms with van der Waals surface area (Å²) in [5.74, 6) is 0. The molecule has 0 atom stereocenters. The van der Waals surface area contributed by atoms with Gasteiger partial charge in [0.15, 0.2) is 0 Å². The Morgan fingerprint density at radius 2 is 0.727 bits per heavy atom. The molecule has 0 N–H and O–H groups in total. The number of allylic oxidation sites excluding steroid dienone is 3. The van der Waals surface area contributed by atoms with Crippen LogP contribution >= 0.6 is 0 Å². The second-order valence-electron chi connectivity index (χ2n) is 4.21. The van der Waals surface area contributed by atoms with E-state index >= 15 is 0 Å². The van der Waals surface area contributed by atoms with Gasteiger partial charge in [-0.05, 0) is 38.5 Å². The molecule has 2 nitrogen and oxygen atoms in total. The first-order valence-electron chi connectivity index (χ1n) is 7.60. The molecule has 0 unspecified atom stereocenters. The van der Waals surface area contributed by atoms with Gasteiger partial charge >= 0.3 is 40.8 Å². The van der Waals surface area contributed by atoms with Crippen LogP contribution in [0.4, 0.5) is 0 Å². The maximum absolute atomic E-state index is 5.07. The standard InChI is InChI=1S/2C5H10O.3C3H5.Nd/c2*1-2-4-6-5-3-1;3*1-3-2;/h2*1-5H2;3*3H,1-2H2;/q;;3*-1;+3. The van der Waals surface area contributed by atoms with E-state index in [1.54, 1.807) is 0 Å². The fraction of sp³-hybridized carbons (Fsp3) is 0.526. The molecule has 0 spiro atoms.